The smallest absolute Gasteiger partial charge is 0.0797 e. The van der Waals surface area contributed by atoms with Crippen LogP contribution < -0.4 is 5.73 Å². The Morgan fingerprint density at radius 1 is 1.16 bits per heavy atom. The second kappa shape index (κ2) is 5.68. The average molecular weight is 267 g/mol. The number of hydrogen-bond donors (Lipinski definition) is 2. The second-order valence-corrected chi connectivity index (χ2v) is 6.82. The number of piperazine rings is 1. The van der Waals surface area contributed by atoms with Crippen molar-refractivity contribution in [3.8, 4) is 0 Å². The highest BCUT2D eigenvalue weighted by Gasteiger charge is 2.40. The maximum atomic E-state index is 10.5. The predicted octanol–water partition coefficient (Wildman–Crippen LogP) is 0.646. The minimum atomic E-state index is -0.560. The summed E-state index contributed by atoms with van der Waals surface area (Å²) in [6.07, 6.45) is 7.11. The molecule has 3 unspecified atom stereocenters. The molecule has 2 aliphatic heterocycles. The molecule has 0 aromatic heterocycles. The van der Waals surface area contributed by atoms with Gasteiger partial charge in [-0.1, -0.05) is 6.42 Å². The van der Waals surface area contributed by atoms with E-state index in [1.54, 1.807) is 0 Å². The Balaban J connectivity index is 1.47. The van der Waals surface area contributed by atoms with Gasteiger partial charge in [0.2, 0.25) is 0 Å². The molecule has 0 aromatic rings. The standard InChI is InChI=1S/C15H29N3O/c16-12-15(19)6-1-3-13(15)5-8-17-9-10-18-7-2-4-14(18)11-17/h13-14,19H,1-12,16H2. The molecule has 0 radical (unpaired) electrons. The fourth-order valence-electron chi connectivity index (χ4n) is 4.41. The third kappa shape index (κ3) is 2.82. The normalized spacial score (nSPS) is 40.7. The Hall–Kier alpha value is -0.160. The van der Waals surface area contributed by atoms with Crippen LogP contribution >= 0.6 is 0 Å². The fourth-order valence-corrected chi connectivity index (χ4v) is 4.41. The molecule has 3 N–H and O–H groups in total. The Bertz CT molecular complexity index is 312. The summed E-state index contributed by atoms with van der Waals surface area (Å²) in [7, 11) is 0. The zero-order valence-corrected chi connectivity index (χ0v) is 12.1. The van der Waals surface area contributed by atoms with Crippen LogP contribution in [0, 0.1) is 5.92 Å². The summed E-state index contributed by atoms with van der Waals surface area (Å²) < 4.78 is 0. The van der Waals surface area contributed by atoms with Crippen molar-refractivity contribution in [1.82, 2.24) is 9.80 Å². The van der Waals surface area contributed by atoms with E-state index in [2.05, 4.69) is 9.80 Å². The highest BCUT2D eigenvalue weighted by Crippen LogP contribution is 2.37. The molecule has 3 fully saturated rings. The van der Waals surface area contributed by atoms with Gasteiger partial charge in [0.05, 0.1) is 5.60 Å². The lowest BCUT2D eigenvalue weighted by molar-refractivity contribution is 0.00148. The maximum Gasteiger partial charge on any atom is 0.0797 e. The molecule has 19 heavy (non-hydrogen) atoms. The molecule has 2 heterocycles. The lowest BCUT2D eigenvalue weighted by Gasteiger charge is -2.38. The summed E-state index contributed by atoms with van der Waals surface area (Å²) in [5, 5.41) is 10.5. The molecule has 2 saturated heterocycles. The van der Waals surface area contributed by atoms with Gasteiger partial charge in [-0.3, -0.25) is 4.90 Å². The van der Waals surface area contributed by atoms with E-state index in [0.29, 0.717) is 12.5 Å². The van der Waals surface area contributed by atoms with Gasteiger partial charge in [0.25, 0.3) is 0 Å². The second-order valence-electron chi connectivity index (χ2n) is 6.82. The lowest BCUT2D eigenvalue weighted by Crippen LogP contribution is -2.51. The van der Waals surface area contributed by atoms with Crippen LogP contribution in [-0.4, -0.2) is 65.8 Å². The first-order valence-electron chi connectivity index (χ1n) is 8.10. The van der Waals surface area contributed by atoms with Crippen molar-refractivity contribution in [2.75, 3.05) is 39.3 Å². The first kappa shape index (κ1) is 13.8. The van der Waals surface area contributed by atoms with E-state index < -0.39 is 5.60 Å². The summed E-state index contributed by atoms with van der Waals surface area (Å²) in [5.74, 6) is 0.430. The van der Waals surface area contributed by atoms with Crippen LogP contribution in [0.25, 0.3) is 0 Å². The fraction of sp³-hybridized carbons (Fsp3) is 1.00. The van der Waals surface area contributed by atoms with Gasteiger partial charge in [-0.05, 0) is 51.1 Å². The highest BCUT2D eigenvalue weighted by atomic mass is 16.3. The van der Waals surface area contributed by atoms with E-state index in [1.807, 2.05) is 0 Å². The van der Waals surface area contributed by atoms with E-state index in [0.717, 1.165) is 38.3 Å². The third-order valence-corrected chi connectivity index (χ3v) is 5.74. The number of nitrogens with zero attached hydrogens (tertiary/aromatic N) is 2. The van der Waals surface area contributed by atoms with Crippen molar-refractivity contribution in [3.63, 3.8) is 0 Å². The Morgan fingerprint density at radius 3 is 2.89 bits per heavy atom. The molecule has 0 aromatic carbocycles. The molecule has 0 amide bonds. The minimum Gasteiger partial charge on any atom is -0.388 e. The van der Waals surface area contributed by atoms with Crippen LogP contribution in [0.3, 0.4) is 0 Å². The predicted molar refractivity (Wildman–Crippen MR) is 77.0 cm³/mol. The number of aliphatic hydroxyl groups is 1. The van der Waals surface area contributed by atoms with Gasteiger partial charge in [0.15, 0.2) is 0 Å². The molecule has 0 spiro atoms. The molecule has 1 aliphatic carbocycles. The Labute approximate surface area is 116 Å². The molecule has 0 bridgehead atoms. The molecule has 4 nitrogen and oxygen atoms in total. The quantitative estimate of drug-likeness (QED) is 0.785. The topological polar surface area (TPSA) is 52.7 Å². The van der Waals surface area contributed by atoms with Gasteiger partial charge >= 0.3 is 0 Å². The summed E-state index contributed by atoms with van der Waals surface area (Å²) >= 11 is 0. The monoisotopic (exact) mass is 267 g/mol. The summed E-state index contributed by atoms with van der Waals surface area (Å²) in [6.45, 7) is 6.61. The van der Waals surface area contributed by atoms with Crippen molar-refractivity contribution in [1.29, 1.82) is 0 Å². The van der Waals surface area contributed by atoms with E-state index in [1.165, 1.54) is 39.0 Å². The van der Waals surface area contributed by atoms with Gasteiger partial charge in [0, 0.05) is 32.2 Å². The van der Waals surface area contributed by atoms with E-state index >= 15 is 0 Å². The van der Waals surface area contributed by atoms with Crippen molar-refractivity contribution in [2.45, 2.75) is 50.2 Å². The zero-order valence-electron chi connectivity index (χ0n) is 12.1. The molecule has 3 rings (SSSR count). The van der Waals surface area contributed by atoms with Gasteiger partial charge in [-0.2, -0.15) is 0 Å². The first-order chi connectivity index (χ1) is 9.21. The molecule has 110 valence electrons. The Kier molecular flexibility index (Phi) is 4.13. The number of fused-ring (bicyclic) bond motifs is 1. The van der Waals surface area contributed by atoms with Gasteiger partial charge in [-0.25, -0.2) is 0 Å². The summed E-state index contributed by atoms with van der Waals surface area (Å²) in [4.78, 5) is 5.27. The van der Waals surface area contributed by atoms with Gasteiger partial charge in [-0.15, -0.1) is 0 Å². The summed E-state index contributed by atoms with van der Waals surface area (Å²) in [6, 6.07) is 0.811. The van der Waals surface area contributed by atoms with Crippen LogP contribution in [0.5, 0.6) is 0 Å². The van der Waals surface area contributed by atoms with Crippen LogP contribution in [0.4, 0.5) is 0 Å². The third-order valence-electron chi connectivity index (χ3n) is 5.74. The number of rotatable bonds is 4. The van der Waals surface area contributed by atoms with Gasteiger partial charge < -0.3 is 15.7 Å². The Morgan fingerprint density at radius 2 is 2.05 bits per heavy atom. The van der Waals surface area contributed by atoms with Crippen molar-refractivity contribution >= 4 is 0 Å². The molecule has 4 heteroatoms. The molecule has 3 atom stereocenters. The van der Waals surface area contributed by atoms with Crippen molar-refractivity contribution in [3.05, 3.63) is 0 Å². The van der Waals surface area contributed by atoms with Crippen LogP contribution in [0.2, 0.25) is 0 Å². The van der Waals surface area contributed by atoms with Crippen LogP contribution in [0.1, 0.15) is 38.5 Å². The molecule has 1 saturated carbocycles. The zero-order chi connectivity index (χ0) is 13.3. The van der Waals surface area contributed by atoms with E-state index in [4.69, 9.17) is 5.73 Å². The SMILES string of the molecule is NCC1(O)CCCC1CCN1CCN2CCCC2C1. The van der Waals surface area contributed by atoms with Gasteiger partial charge in [0.1, 0.15) is 0 Å². The summed E-state index contributed by atoms with van der Waals surface area (Å²) in [5.41, 5.74) is 5.21. The minimum absolute atomic E-state index is 0.430. The van der Waals surface area contributed by atoms with Crippen molar-refractivity contribution in [2.24, 2.45) is 11.7 Å². The number of nitrogens with two attached hydrogens (primary N) is 1. The maximum absolute atomic E-state index is 10.5. The highest BCUT2D eigenvalue weighted by molar-refractivity contribution is 4.94. The molecular formula is C15H29N3O. The van der Waals surface area contributed by atoms with Crippen molar-refractivity contribution < 1.29 is 5.11 Å². The number of hydrogen-bond acceptors (Lipinski definition) is 4. The average Bonchev–Trinajstić information content (AvgIpc) is 3.03. The van der Waals surface area contributed by atoms with E-state index in [9.17, 15) is 5.11 Å². The van der Waals surface area contributed by atoms with E-state index in [-0.39, 0.29) is 0 Å². The molecular weight excluding hydrogens is 238 g/mol. The van der Waals surface area contributed by atoms with Crippen LogP contribution in [0.15, 0.2) is 0 Å². The van der Waals surface area contributed by atoms with Crippen LogP contribution in [-0.2, 0) is 0 Å². The molecule has 3 aliphatic rings. The largest absolute Gasteiger partial charge is 0.388 e. The lowest BCUT2D eigenvalue weighted by atomic mass is 9.88. The first-order valence-corrected chi connectivity index (χ1v) is 8.10.